The van der Waals surface area contributed by atoms with Crippen molar-refractivity contribution >= 4 is 5.97 Å². The van der Waals surface area contributed by atoms with E-state index in [0.717, 1.165) is 37.0 Å². The van der Waals surface area contributed by atoms with Crippen LogP contribution in [0, 0.1) is 5.92 Å². The quantitative estimate of drug-likeness (QED) is 0.779. The first-order chi connectivity index (χ1) is 10.8. The highest BCUT2D eigenvalue weighted by Gasteiger charge is 2.49. The zero-order valence-electron chi connectivity index (χ0n) is 13.1. The molecule has 2 saturated heterocycles. The number of alkyl halides is 3. The van der Waals surface area contributed by atoms with Gasteiger partial charge < -0.3 is 4.74 Å². The van der Waals surface area contributed by atoms with Crippen LogP contribution in [0.5, 0.6) is 0 Å². The van der Waals surface area contributed by atoms with E-state index < -0.39 is 11.7 Å². The van der Waals surface area contributed by atoms with Crippen molar-refractivity contribution in [3.05, 3.63) is 35.4 Å². The van der Waals surface area contributed by atoms with Crippen LogP contribution in [0.4, 0.5) is 13.2 Å². The smallest absolute Gasteiger partial charge is 0.416 e. The van der Waals surface area contributed by atoms with Crippen molar-refractivity contribution in [2.45, 2.75) is 43.4 Å². The molecule has 2 bridgehead atoms. The average molecular weight is 327 g/mol. The Labute approximate surface area is 133 Å². The molecule has 3 rings (SSSR count). The van der Waals surface area contributed by atoms with Gasteiger partial charge in [0.1, 0.15) is 0 Å². The number of methoxy groups -OCH3 is 1. The van der Waals surface area contributed by atoms with Crippen molar-refractivity contribution in [3.8, 4) is 0 Å². The van der Waals surface area contributed by atoms with Gasteiger partial charge in [0, 0.05) is 18.0 Å². The Bertz CT molecular complexity index is 584. The van der Waals surface area contributed by atoms with Crippen LogP contribution in [-0.4, -0.2) is 37.1 Å². The first-order valence-corrected chi connectivity index (χ1v) is 7.80. The molecule has 0 spiro atoms. The van der Waals surface area contributed by atoms with Crippen molar-refractivity contribution in [1.29, 1.82) is 0 Å². The van der Waals surface area contributed by atoms with Gasteiger partial charge in [0.2, 0.25) is 0 Å². The van der Waals surface area contributed by atoms with E-state index in [4.69, 9.17) is 4.74 Å². The van der Waals surface area contributed by atoms with E-state index in [9.17, 15) is 18.0 Å². The minimum atomic E-state index is -4.34. The van der Waals surface area contributed by atoms with Crippen LogP contribution in [-0.2, 0) is 15.7 Å². The number of fused-ring (bicyclic) bond motifs is 2. The zero-order chi connectivity index (χ0) is 16.8. The van der Waals surface area contributed by atoms with Crippen LogP contribution < -0.4 is 0 Å². The molecule has 126 valence electrons. The topological polar surface area (TPSA) is 29.5 Å². The van der Waals surface area contributed by atoms with Crippen LogP contribution in [0.1, 0.15) is 36.3 Å². The SMILES string of the molecule is COC(=O)C1C2CC[C@H](C[C@@H]1c1ccc(C(F)(F)F)cc1)N2C. The van der Waals surface area contributed by atoms with Gasteiger partial charge >= 0.3 is 12.1 Å². The first kappa shape index (κ1) is 16.3. The molecule has 0 amide bonds. The normalized spacial score (nSPS) is 31.2. The van der Waals surface area contributed by atoms with Crippen molar-refractivity contribution in [1.82, 2.24) is 4.90 Å². The van der Waals surface area contributed by atoms with Gasteiger partial charge in [-0.2, -0.15) is 13.2 Å². The van der Waals surface area contributed by atoms with Crippen molar-refractivity contribution in [2.24, 2.45) is 5.92 Å². The highest BCUT2D eigenvalue weighted by molar-refractivity contribution is 5.75. The Hall–Kier alpha value is -1.56. The summed E-state index contributed by atoms with van der Waals surface area (Å²) in [7, 11) is 3.38. The Kier molecular flexibility index (Phi) is 4.12. The summed E-state index contributed by atoms with van der Waals surface area (Å²) in [6.45, 7) is 0. The molecule has 0 radical (unpaired) electrons. The summed E-state index contributed by atoms with van der Waals surface area (Å²) < 4.78 is 43.2. The van der Waals surface area contributed by atoms with Gasteiger partial charge in [-0.25, -0.2) is 0 Å². The summed E-state index contributed by atoms with van der Waals surface area (Å²) >= 11 is 0. The standard InChI is InChI=1S/C17H20F3NO2/c1-21-12-7-8-14(21)15(16(22)23-2)13(9-12)10-3-5-11(6-4-10)17(18,19)20/h3-6,12-15H,7-9H2,1-2H3/t12-,13-,14?,15?/m1/s1. The van der Waals surface area contributed by atoms with Gasteiger partial charge in [0.25, 0.3) is 0 Å². The summed E-state index contributed by atoms with van der Waals surface area (Å²) in [6, 6.07) is 5.71. The number of rotatable bonds is 2. The van der Waals surface area contributed by atoms with E-state index in [1.54, 1.807) is 0 Å². The Morgan fingerprint density at radius 2 is 1.87 bits per heavy atom. The fourth-order valence-electron chi connectivity index (χ4n) is 4.19. The molecule has 4 atom stereocenters. The van der Waals surface area contributed by atoms with Crippen LogP contribution in [0.15, 0.2) is 24.3 Å². The number of carbonyl (C=O) groups excluding carboxylic acids is 1. The van der Waals surface area contributed by atoms with Gasteiger partial charge in [-0.1, -0.05) is 12.1 Å². The maximum atomic E-state index is 12.7. The Balaban J connectivity index is 1.92. The van der Waals surface area contributed by atoms with Crippen LogP contribution in [0.2, 0.25) is 0 Å². The van der Waals surface area contributed by atoms with Gasteiger partial charge in [0.05, 0.1) is 18.6 Å². The average Bonchev–Trinajstić information content (AvgIpc) is 2.75. The molecule has 2 heterocycles. The van der Waals surface area contributed by atoms with Crippen molar-refractivity contribution in [3.63, 3.8) is 0 Å². The molecule has 6 heteroatoms. The molecule has 23 heavy (non-hydrogen) atoms. The predicted molar refractivity (Wildman–Crippen MR) is 78.9 cm³/mol. The first-order valence-electron chi connectivity index (χ1n) is 7.80. The third-order valence-electron chi connectivity index (χ3n) is 5.41. The predicted octanol–water partition coefficient (Wildman–Crippen LogP) is 3.44. The molecule has 0 aromatic heterocycles. The van der Waals surface area contributed by atoms with Crippen LogP contribution >= 0.6 is 0 Å². The number of piperidine rings is 1. The number of nitrogens with zero attached hydrogens (tertiary/aromatic N) is 1. The fourth-order valence-corrected chi connectivity index (χ4v) is 4.19. The van der Waals surface area contributed by atoms with Crippen molar-refractivity contribution in [2.75, 3.05) is 14.2 Å². The van der Waals surface area contributed by atoms with Crippen molar-refractivity contribution < 1.29 is 22.7 Å². The minimum absolute atomic E-state index is 0.0848. The van der Waals surface area contributed by atoms with Gasteiger partial charge in [-0.3, -0.25) is 9.69 Å². The monoisotopic (exact) mass is 327 g/mol. The largest absolute Gasteiger partial charge is 0.469 e. The lowest BCUT2D eigenvalue weighted by Gasteiger charge is -2.41. The molecule has 3 nitrogen and oxygen atoms in total. The number of hydrogen-bond acceptors (Lipinski definition) is 3. The maximum Gasteiger partial charge on any atom is 0.416 e. The molecule has 0 saturated carbocycles. The molecular formula is C17H20F3NO2. The number of hydrogen-bond donors (Lipinski definition) is 0. The Morgan fingerprint density at radius 3 is 2.43 bits per heavy atom. The van der Waals surface area contributed by atoms with E-state index in [1.165, 1.54) is 19.2 Å². The molecule has 1 aromatic carbocycles. The van der Waals surface area contributed by atoms with Gasteiger partial charge in [-0.15, -0.1) is 0 Å². The molecule has 2 unspecified atom stereocenters. The van der Waals surface area contributed by atoms with E-state index in [-0.39, 0.29) is 23.8 Å². The van der Waals surface area contributed by atoms with E-state index in [0.29, 0.717) is 6.04 Å². The second kappa shape index (κ2) is 5.82. The molecule has 0 aliphatic carbocycles. The number of carbonyl (C=O) groups is 1. The summed E-state index contributed by atoms with van der Waals surface area (Å²) in [5.41, 5.74) is 0.130. The molecule has 0 N–H and O–H groups in total. The number of ether oxygens (including phenoxy) is 1. The summed E-state index contributed by atoms with van der Waals surface area (Å²) in [5.74, 6) is -0.675. The molecule has 1 aromatic rings. The lowest BCUT2D eigenvalue weighted by atomic mass is 9.76. The second-order valence-corrected chi connectivity index (χ2v) is 6.47. The molecular weight excluding hydrogens is 307 g/mol. The Morgan fingerprint density at radius 1 is 1.22 bits per heavy atom. The summed E-state index contributed by atoms with van der Waals surface area (Å²) in [5, 5.41) is 0. The van der Waals surface area contributed by atoms with Crippen LogP contribution in [0.3, 0.4) is 0 Å². The van der Waals surface area contributed by atoms with Gasteiger partial charge in [0.15, 0.2) is 0 Å². The minimum Gasteiger partial charge on any atom is -0.469 e. The molecule has 2 aliphatic heterocycles. The number of halogens is 3. The second-order valence-electron chi connectivity index (χ2n) is 6.47. The summed E-state index contributed by atoms with van der Waals surface area (Å²) in [6.07, 6.45) is -1.62. The number of esters is 1. The third-order valence-corrected chi connectivity index (χ3v) is 5.41. The molecule has 2 aliphatic rings. The van der Waals surface area contributed by atoms with Crippen LogP contribution in [0.25, 0.3) is 0 Å². The lowest BCUT2D eigenvalue weighted by molar-refractivity contribution is -0.150. The lowest BCUT2D eigenvalue weighted by Crippen LogP contribution is -2.49. The molecule has 2 fully saturated rings. The van der Waals surface area contributed by atoms with E-state index in [2.05, 4.69) is 4.90 Å². The third kappa shape index (κ3) is 2.84. The van der Waals surface area contributed by atoms with Gasteiger partial charge in [-0.05, 0) is 44.0 Å². The highest BCUT2D eigenvalue weighted by atomic mass is 19.4. The van der Waals surface area contributed by atoms with E-state index >= 15 is 0 Å². The maximum absolute atomic E-state index is 12.7. The highest BCUT2D eigenvalue weighted by Crippen LogP contribution is 2.46. The number of benzene rings is 1. The zero-order valence-corrected chi connectivity index (χ0v) is 13.1. The summed E-state index contributed by atoms with van der Waals surface area (Å²) in [4.78, 5) is 14.5. The van der Waals surface area contributed by atoms with E-state index in [1.807, 2.05) is 7.05 Å². The fraction of sp³-hybridized carbons (Fsp3) is 0.588.